The predicted molar refractivity (Wildman–Crippen MR) is 173 cm³/mol. The van der Waals surface area contributed by atoms with Crippen LogP contribution in [0.3, 0.4) is 0 Å². The lowest BCUT2D eigenvalue weighted by Gasteiger charge is -2.21. The number of rotatable bonds is 11. The lowest BCUT2D eigenvalue weighted by Crippen LogP contribution is -2.31. The van der Waals surface area contributed by atoms with Crippen LogP contribution in [-0.2, 0) is 0 Å². The molecule has 2 aromatic carbocycles. The van der Waals surface area contributed by atoms with Crippen LogP contribution < -0.4 is 19.5 Å². The molecule has 0 fully saturated rings. The third-order valence-electron chi connectivity index (χ3n) is 5.88. The van der Waals surface area contributed by atoms with E-state index in [9.17, 15) is 4.79 Å². The van der Waals surface area contributed by atoms with Gasteiger partial charge in [0.2, 0.25) is 5.75 Å². The van der Waals surface area contributed by atoms with Gasteiger partial charge in [-0.15, -0.1) is 11.8 Å². The van der Waals surface area contributed by atoms with Gasteiger partial charge >= 0.3 is 0 Å². The van der Waals surface area contributed by atoms with Gasteiger partial charge in [-0.1, -0.05) is 103 Å². The second-order valence-electron chi connectivity index (χ2n) is 8.85. The van der Waals surface area contributed by atoms with E-state index in [1.807, 2.05) is 27.7 Å². The molecule has 1 unspecified atom stereocenters. The summed E-state index contributed by atoms with van der Waals surface area (Å²) in [7, 11) is 6.38. The summed E-state index contributed by atoms with van der Waals surface area (Å²) in [5, 5.41) is 5.73. The number of thioether (sulfide) groups is 1. The van der Waals surface area contributed by atoms with Gasteiger partial charge in [-0.25, -0.2) is 0 Å². The van der Waals surface area contributed by atoms with Crippen LogP contribution in [-0.4, -0.2) is 45.7 Å². The summed E-state index contributed by atoms with van der Waals surface area (Å²) in [4.78, 5) is 14.6. The number of likely N-dealkylation sites (N-methyl/N-ethyl adjacent to an activating group) is 1. The summed E-state index contributed by atoms with van der Waals surface area (Å²) in [5.41, 5.74) is 3.93. The summed E-state index contributed by atoms with van der Waals surface area (Å²) in [5.74, 6) is 1.25. The van der Waals surface area contributed by atoms with Crippen molar-refractivity contribution in [3.63, 3.8) is 0 Å². The number of hydrogen-bond acceptors (Lipinski definition) is 6. The first-order valence-electron chi connectivity index (χ1n) is 14.6. The Morgan fingerprint density at radius 3 is 1.95 bits per heavy atom. The Labute approximate surface area is 248 Å². The van der Waals surface area contributed by atoms with Gasteiger partial charge in [-0.05, 0) is 30.0 Å². The van der Waals surface area contributed by atoms with Crippen molar-refractivity contribution in [1.82, 2.24) is 10.2 Å². The van der Waals surface area contributed by atoms with Crippen LogP contribution in [0.15, 0.2) is 47.5 Å². The number of hydrogen-bond donors (Lipinski definition) is 1. The molecule has 0 bridgehead atoms. The SMILES string of the molecule is CC.CC.CCCCCCC.COc1cc(C(=O)N(C)CC2=CSC(c3cccc(C)c3)N2)cc(OC)c1OC. The van der Waals surface area contributed by atoms with E-state index in [0.29, 0.717) is 29.4 Å². The van der Waals surface area contributed by atoms with E-state index >= 15 is 0 Å². The maximum absolute atomic E-state index is 13.0. The zero-order valence-electron chi connectivity index (χ0n) is 26.8. The van der Waals surface area contributed by atoms with Crippen LogP contribution in [0.25, 0.3) is 0 Å². The van der Waals surface area contributed by atoms with Crippen molar-refractivity contribution in [2.75, 3.05) is 34.9 Å². The number of aryl methyl sites for hydroxylation is 1. The fraction of sp³-hybridized carbons (Fsp3) is 0.545. The molecular formula is C33H54N2O4S. The number of amides is 1. The molecule has 1 aliphatic rings. The topological polar surface area (TPSA) is 60.0 Å². The van der Waals surface area contributed by atoms with Crippen molar-refractivity contribution in [1.29, 1.82) is 0 Å². The van der Waals surface area contributed by atoms with Gasteiger partial charge in [0.25, 0.3) is 5.91 Å². The fourth-order valence-electron chi connectivity index (χ4n) is 3.89. The number of carbonyl (C=O) groups is 1. The Balaban J connectivity index is 0.00000119. The average molecular weight is 575 g/mol. The molecule has 0 saturated heterocycles. The van der Waals surface area contributed by atoms with E-state index in [-0.39, 0.29) is 11.3 Å². The van der Waals surface area contributed by atoms with Crippen molar-refractivity contribution >= 4 is 17.7 Å². The van der Waals surface area contributed by atoms with E-state index in [0.717, 1.165) is 5.70 Å². The number of nitrogens with one attached hydrogen (secondary N) is 1. The number of methoxy groups -OCH3 is 3. The zero-order valence-corrected chi connectivity index (χ0v) is 27.7. The molecule has 7 heteroatoms. The molecule has 0 aliphatic carbocycles. The highest BCUT2D eigenvalue weighted by Crippen LogP contribution is 2.39. The van der Waals surface area contributed by atoms with Crippen LogP contribution in [0.2, 0.25) is 0 Å². The Bertz CT molecular complexity index is 981. The number of benzene rings is 2. The van der Waals surface area contributed by atoms with Gasteiger partial charge in [0.15, 0.2) is 11.5 Å². The number of carbonyl (C=O) groups excluding carboxylic acids is 1. The lowest BCUT2D eigenvalue weighted by molar-refractivity contribution is 0.0804. The number of ether oxygens (including phenoxy) is 3. The summed E-state index contributed by atoms with van der Waals surface area (Å²) in [6, 6.07) is 11.8. The molecule has 1 atom stereocenters. The molecule has 0 aromatic heterocycles. The van der Waals surface area contributed by atoms with E-state index in [1.165, 1.54) is 64.6 Å². The molecule has 3 rings (SSSR count). The molecular weight excluding hydrogens is 520 g/mol. The minimum absolute atomic E-state index is 0.129. The standard InChI is InChI=1S/C22H26N2O4S.C7H16.2C2H6/c1-14-7-6-8-15(9-14)21-23-17(13-29-21)12-24(2)22(25)16-10-18(26-3)20(28-5)19(11-16)27-4;1-3-5-7-6-4-2;2*1-2/h6-11,13,21,23H,12H2,1-5H3;3-7H2,1-2H3;2*1-2H3. The molecule has 1 heterocycles. The Kier molecular flexibility index (Phi) is 20.4. The highest BCUT2D eigenvalue weighted by molar-refractivity contribution is 8.02. The van der Waals surface area contributed by atoms with E-state index in [1.54, 1.807) is 35.8 Å². The maximum atomic E-state index is 13.0. The van der Waals surface area contributed by atoms with Gasteiger partial charge in [0, 0.05) is 18.3 Å². The Hall–Kier alpha value is -2.80. The van der Waals surface area contributed by atoms with E-state index in [4.69, 9.17) is 14.2 Å². The average Bonchev–Trinajstić information content (AvgIpc) is 3.47. The van der Waals surface area contributed by atoms with Crippen molar-refractivity contribution in [3.8, 4) is 17.2 Å². The lowest BCUT2D eigenvalue weighted by atomic mass is 10.1. The van der Waals surface area contributed by atoms with Crippen molar-refractivity contribution in [3.05, 3.63) is 64.2 Å². The van der Waals surface area contributed by atoms with Crippen molar-refractivity contribution in [2.45, 2.75) is 85.9 Å². The first-order chi connectivity index (χ1) is 19.4. The number of unbranched alkanes of at least 4 members (excludes halogenated alkanes) is 4. The van der Waals surface area contributed by atoms with Gasteiger partial charge in [-0.3, -0.25) is 4.79 Å². The molecule has 6 nitrogen and oxygen atoms in total. The zero-order chi connectivity index (χ0) is 30.5. The molecule has 0 saturated carbocycles. The molecule has 1 N–H and O–H groups in total. The third-order valence-corrected chi connectivity index (χ3v) is 6.96. The summed E-state index contributed by atoms with van der Waals surface area (Å²) in [6.45, 7) is 15.1. The smallest absolute Gasteiger partial charge is 0.254 e. The summed E-state index contributed by atoms with van der Waals surface area (Å²) >= 11 is 1.71. The van der Waals surface area contributed by atoms with Crippen molar-refractivity contribution < 1.29 is 19.0 Å². The highest BCUT2D eigenvalue weighted by atomic mass is 32.2. The maximum Gasteiger partial charge on any atom is 0.254 e. The van der Waals surface area contributed by atoms with Crippen molar-refractivity contribution in [2.24, 2.45) is 0 Å². The first-order valence-corrected chi connectivity index (χ1v) is 15.6. The van der Waals surface area contributed by atoms with Gasteiger partial charge in [-0.2, -0.15) is 0 Å². The van der Waals surface area contributed by atoms with Crippen LogP contribution in [0.1, 0.15) is 101 Å². The van der Waals surface area contributed by atoms with Gasteiger partial charge in [0.1, 0.15) is 5.37 Å². The van der Waals surface area contributed by atoms with Crippen LogP contribution in [0.5, 0.6) is 17.2 Å². The quantitative estimate of drug-likeness (QED) is 0.270. The van der Waals surface area contributed by atoms with Crippen LogP contribution in [0, 0.1) is 6.92 Å². The monoisotopic (exact) mass is 574 g/mol. The normalized spacial score (nSPS) is 13.1. The molecule has 226 valence electrons. The second kappa shape index (κ2) is 22.0. The predicted octanol–water partition coefficient (Wildman–Crippen LogP) is 9.00. The minimum atomic E-state index is -0.129. The molecule has 2 aromatic rings. The molecule has 1 aliphatic heterocycles. The second-order valence-corrected chi connectivity index (χ2v) is 9.83. The highest BCUT2D eigenvalue weighted by Gasteiger charge is 2.23. The number of nitrogens with zero attached hydrogens (tertiary/aromatic N) is 1. The molecule has 0 radical (unpaired) electrons. The Morgan fingerprint density at radius 1 is 0.900 bits per heavy atom. The van der Waals surface area contributed by atoms with E-state index < -0.39 is 0 Å². The Morgan fingerprint density at radius 2 is 1.48 bits per heavy atom. The molecule has 0 spiro atoms. The summed E-state index contributed by atoms with van der Waals surface area (Å²) in [6.07, 6.45) is 7.01. The molecule has 1 amide bonds. The van der Waals surface area contributed by atoms with Gasteiger partial charge < -0.3 is 24.4 Å². The molecule has 40 heavy (non-hydrogen) atoms. The third kappa shape index (κ3) is 12.2. The fourth-order valence-corrected chi connectivity index (χ4v) is 4.86. The minimum Gasteiger partial charge on any atom is -0.493 e. The van der Waals surface area contributed by atoms with Crippen LogP contribution >= 0.6 is 11.8 Å². The largest absolute Gasteiger partial charge is 0.493 e. The summed E-state index contributed by atoms with van der Waals surface area (Å²) < 4.78 is 16.0. The first kappa shape index (κ1) is 37.2. The van der Waals surface area contributed by atoms with E-state index in [2.05, 4.69) is 55.8 Å². The van der Waals surface area contributed by atoms with Gasteiger partial charge in [0.05, 0.1) is 27.9 Å². The van der Waals surface area contributed by atoms with Crippen LogP contribution in [0.4, 0.5) is 0 Å².